The van der Waals surface area contributed by atoms with E-state index in [1.165, 1.54) is 18.5 Å². The summed E-state index contributed by atoms with van der Waals surface area (Å²) in [5, 5.41) is 0. The Labute approximate surface area is 90.9 Å². The van der Waals surface area contributed by atoms with Gasteiger partial charge in [0.25, 0.3) is 0 Å². The maximum atomic E-state index is 4.41. The topological polar surface area (TPSA) is 29.0 Å². The monoisotopic (exact) mass is 203 g/mol. The maximum absolute atomic E-state index is 4.41. The van der Waals surface area contributed by atoms with Crippen LogP contribution in [0.25, 0.3) is 5.57 Å². The van der Waals surface area contributed by atoms with Gasteiger partial charge in [0.2, 0.25) is 0 Å². The summed E-state index contributed by atoms with van der Waals surface area (Å²) in [4.78, 5) is 10.8. The number of hydrogen-bond donors (Lipinski definition) is 0. The standard InChI is InChI=1S/C12H17N3/c1-8(2)10-11(9-5-6-9)13-7-14-12(10)15(3)4/h7,9H,1,5-6H2,2-4H3. The Kier molecular flexibility index (Phi) is 2.47. The highest BCUT2D eigenvalue weighted by Gasteiger charge is 2.29. The van der Waals surface area contributed by atoms with Gasteiger partial charge in [-0.25, -0.2) is 9.97 Å². The van der Waals surface area contributed by atoms with Gasteiger partial charge in [0.15, 0.2) is 0 Å². The largest absolute Gasteiger partial charge is 0.362 e. The molecule has 0 aliphatic heterocycles. The molecule has 15 heavy (non-hydrogen) atoms. The van der Waals surface area contributed by atoms with E-state index in [9.17, 15) is 0 Å². The van der Waals surface area contributed by atoms with Crippen LogP contribution in [0.3, 0.4) is 0 Å². The smallest absolute Gasteiger partial charge is 0.139 e. The first-order chi connectivity index (χ1) is 7.11. The highest BCUT2D eigenvalue weighted by atomic mass is 15.1. The Hall–Kier alpha value is -1.38. The number of anilines is 1. The molecule has 0 spiro atoms. The molecule has 0 aromatic carbocycles. The number of nitrogens with zero attached hydrogens (tertiary/aromatic N) is 3. The lowest BCUT2D eigenvalue weighted by atomic mass is 10.0. The van der Waals surface area contributed by atoms with Crippen LogP contribution in [0.2, 0.25) is 0 Å². The summed E-state index contributed by atoms with van der Waals surface area (Å²) in [6.45, 7) is 6.06. The van der Waals surface area contributed by atoms with Crippen molar-refractivity contribution in [2.75, 3.05) is 19.0 Å². The van der Waals surface area contributed by atoms with Gasteiger partial charge in [-0.1, -0.05) is 6.58 Å². The highest BCUT2D eigenvalue weighted by molar-refractivity contribution is 5.74. The molecule has 1 saturated carbocycles. The van der Waals surface area contributed by atoms with Crippen molar-refractivity contribution in [3.63, 3.8) is 0 Å². The Morgan fingerprint density at radius 3 is 2.53 bits per heavy atom. The van der Waals surface area contributed by atoms with Crippen LogP contribution in [-0.4, -0.2) is 24.1 Å². The van der Waals surface area contributed by atoms with E-state index >= 15 is 0 Å². The van der Waals surface area contributed by atoms with Gasteiger partial charge < -0.3 is 4.90 Å². The van der Waals surface area contributed by atoms with Crippen molar-refractivity contribution < 1.29 is 0 Å². The molecular weight excluding hydrogens is 186 g/mol. The van der Waals surface area contributed by atoms with Crippen LogP contribution >= 0.6 is 0 Å². The molecule has 0 atom stereocenters. The Morgan fingerprint density at radius 1 is 1.40 bits per heavy atom. The van der Waals surface area contributed by atoms with Crippen LogP contribution in [0.15, 0.2) is 12.9 Å². The molecule has 0 bridgehead atoms. The van der Waals surface area contributed by atoms with Gasteiger partial charge in [0.05, 0.1) is 5.69 Å². The molecule has 2 rings (SSSR count). The van der Waals surface area contributed by atoms with Gasteiger partial charge in [0, 0.05) is 25.6 Å². The summed E-state index contributed by atoms with van der Waals surface area (Å²) in [6.07, 6.45) is 4.17. The first-order valence-electron chi connectivity index (χ1n) is 5.29. The van der Waals surface area contributed by atoms with Gasteiger partial charge in [-0.2, -0.15) is 0 Å². The van der Waals surface area contributed by atoms with Crippen molar-refractivity contribution in [3.05, 3.63) is 24.2 Å². The van der Waals surface area contributed by atoms with Crippen LogP contribution in [0.1, 0.15) is 36.9 Å². The van der Waals surface area contributed by atoms with Gasteiger partial charge in [-0.05, 0) is 25.3 Å². The van der Waals surface area contributed by atoms with Crippen LogP contribution in [0, 0.1) is 0 Å². The molecule has 1 heterocycles. The first-order valence-corrected chi connectivity index (χ1v) is 5.29. The second-order valence-electron chi connectivity index (χ2n) is 4.41. The zero-order valence-corrected chi connectivity index (χ0v) is 9.62. The van der Waals surface area contributed by atoms with Crippen molar-refractivity contribution in [1.29, 1.82) is 0 Å². The number of aromatic nitrogens is 2. The zero-order chi connectivity index (χ0) is 11.0. The van der Waals surface area contributed by atoms with Gasteiger partial charge in [0.1, 0.15) is 12.1 Å². The summed E-state index contributed by atoms with van der Waals surface area (Å²) in [6, 6.07) is 0. The van der Waals surface area contributed by atoms with Crippen LogP contribution in [0.5, 0.6) is 0 Å². The Morgan fingerprint density at radius 2 is 2.07 bits per heavy atom. The summed E-state index contributed by atoms with van der Waals surface area (Å²) in [5.41, 5.74) is 3.38. The van der Waals surface area contributed by atoms with Crippen molar-refractivity contribution in [3.8, 4) is 0 Å². The van der Waals surface area contributed by atoms with Crippen molar-refractivity contribution >= 4 is 11.4 Å². The third-order valence-corrected chi connectivity index (χ3v) is 2.67. The van der Waals surface area contributed by atoms with Crippen molar-refractivity contribution in [2.45, 2.75) is 25.7 Å². The van der Waals surface area contributed by atoms with E-state index in [4.69, 9.17) is 0 Å². The molecule has 1 fully saturated rings. The lowest BCUT2D eigenvalue weighted by Gasteiger charge is -2.18. The lowest BCUT2D eigenvalue weighted by Crippen LogP contribution is -2.14. The molecule has 3 heteroatoms. The van der Waals surface area contributed by atoms with Crippen LogP contribution < -0.4 is 4.90 Å². The molecule has 0 radical (unpaired) electrons. The van der Waals surface area contributed by atoms with E-state index in [0.717, 1.165) is 17.0 Å². The molecule has 0 unspecified atom stereocenters. The van der Waals surface area contributed by atoms with Crippen LogP contribution in [-0.2, 0) is 0 Å². The minimum absolute atomic E-state index is 0.637. The molecule has 0 N–H and O–H groups in total. The minimum atomic E-state index is 0.637. The molecule has 0 saturated heterocycles. The summed E-state index contributed by atoms with van der Waals surface area (Å²) >= 11 is 0. The Bertz CT molecular complexity index is 372. The van der Waals surface area contributed by atoms with Crippen LogP contribution in [0.4, 0.5) is 5.82 Å². The van der Waals surface area contributed by atoms with Gasteiger partial charge in [-0.3, -0.25) is 0 Å². The fourth-order valence-corrected chi connectivity index (χ4v) is 1.80. The number of hydrogen-bond acceptors (Lipinski definition) is 3. The fraction of sp³-hybridized carbons (Fsp3) is 0.500. The number of allylic oxidation sites excluding steroid dienone is 1. The highest BCUT2D eigenvalue weighted by Crippen LogP contribution is 2.43. The van der Waals surface area contributed by atoms with Crippen molar-refractivity contribution in [2.24, 2.45) is 0 Å². The second-order valence-corrected chi connectivity index (χ2v) is 4.41. The molecule has 1 aliphatic rings. The molecule has 1 aromatic rings. The quantitative estimate of drug-likeness (QED) is 0.755. The maximum Gasteiger partial charge on any atom is 0.139 e. The van der Waals surface area contributed by atoms with E-state index in [1.807, 2.05) is 25.9 Å². The van der Waals surface area contributed by atoms with E-state index in [2.05, 4.69) is 16.5 Å². The summed E-state index contributed by atoms with van der Waals surface area (Å²) in [5.74, 6) is 1.62. The Balaban J connectivity index is 2.54. The van der Waals surface area contributed by atoms with E-state index in [0.29, 0.717) is 5.92 Å². The minimum Gasteiger partial charge on any atom is -0.362 e. The molecule has 80 valence electrons. The molecule has 3 nitrogen and oxygen atoms in total. The number of rotatable bonds is 3. The first kappa shape index (κ1) is 10.1. The second kappa shape index (κ2) is 3.65. The molecular formula is C12H17N3. The van der Waals surface area contributed by atoms with Gasteiger partial charge in [-0.15, -0.1) is 0 Å². The SMILES string of the molecule is C=C(C)c1c(C2CC2)ncnc1N(C)C. The third kappa shape index (κ3) is 1.87. The summed E-state index contributed by atoms with van der Waals surface area (Å²) < 4.78 is 0. The third-order valence-electron chi connectivity index (χ3n) is 2.67. The van der Waals surface area contributed by atoms with Crippen molar-refractivity contribution in [1.82, 2.24) is 9.97 Å². The summed E-state index contributed by atoms with van der Waals surface area (Å²) in [7, 11) is 4.01. The van der Waals surface area contributed by atoms with E-state index < -0.39 is 0 Å². The normalized spacial score (nSPS) is 15.1. The lowest BCUT2D eigenvalue weighted by molar-refractivity contribution is 0.946. The van der Waals surface area contributed by atoms with Gasteiger partial charge >= 0.3 is 0 Å². The molecule has 1 aromatic heterocycles. The predicted molar refractivity (Wildman–Crippen MR) is 63.0 cm³/mol. The zero-order valence-electron chi connectivity index (χ0n) is 9.62. The average Bonchev–Trinajstić information content (AvgIpc) is 2.99. The average molecular weight is 203 g/mol. The fourth-order valence-electron chi connectivity index (χ4n) is 1.80. The molecule has 1 aliphatic carbocycles. The van der Waals surface area contributed by atoms with E-state index in [-0.39, 0.29) is 0 Å². The predicted octanol–water partition coefficient (Wildman–Crippen LogP) is 2.45. The van der Waals surface area contributed by atoms with E-state index in [1.54, 1.807) is 6.33 Å². The molecule has 0 amide bonds.